The first kappa shape index (κ1) is 11.1. The van der Waals surface area contributed by atoms with Crippen LogP contribution in [-0.4, -0.2) is 20.6 Å². The van der Waals surface area contributed by atoms with Crippen molar-refractivity contribution in [3.63, 3.8) is 0 Å². The number of nitrogen functional groups attached to an aromatic ring is 1. The van der Waals surface area contributed by atoms with Gasteiger partial charge in [-0.15, -0.1) is 5.10 Å². The SMILES string of the molecule is Cc1ccc(C(=N)N)c(Oc2ncn(C)n2)c1. The van der Waals surface area contributed by atoms with E-state index in [1.54, 1.807) is 30.2 Å². The molecular weight excluding hydrogens is 218 g/mol. The molecule has 0 aliphatic rings. The van der Waals surface area contributed by atoms with Crippen molar-refractivity contribution in [1.82, 2.24) is 14.8 Å². The fourth-order valence-corrected chi connectivity index (χ4v) is 1.40. The first-order valence-corrected chi connectivity index (χ1v) is 5.05. The van der Waals surface area contributed by atoms with Crippen LogP contribution in [-0.2, 0) is 7.05 Å². The van der Waals surface area contributed by atoms with Crippen LogP contribution in [0, 0.1) is 12.3 Å². The number of ether oxygens (including phenoxy) is 1. The normalized spacial score (nSPS) is 10.2. The van der Waals surface area contributed by atoms with Crippen LogP contribution in [0.3, 0.4) is 0 Å². The van der Waals surface area contributed by atoms with E-state index in [4.69, 9.17) is 15.9 Å². The summed E-state index contributed by atoms with van der Waals surface area (Å²) in [6.07, 6.45) is 1.54. The predicted octanol–water partition coefficient (Wildman–Crippen LogP) is 1.20. The van der Waals surface area contributed by atoms with Crippen LogP contribution in [0.15, 0.2) is 24.5 Å². The average molecular weight is 231 g/mol. The highest BCUT2D eigenvalue weighted by atomic mass is 16.5. The Kier molecular flexibility index (Phi) is 2.78. The Morgan fingerprint density at radius 3 is 2.82 bits per heavy atom. The highest BCUT2D eigenvalue weighted by Gasteiger charge is 2.10. The minimum absolute atomic E-state index is 0.0454. The van der Waals surface area contributed by atoms with Crippen molar-refractivity contribution in [2.45, 2.75) is 6.92 Å². The van der Waals surface area contributed by atoms with Gasteiger partial charge in [-0.25, -0.2) is 0 Å². The fraction of sp³-hybridized carbons (Fsp3) is 0.182. The predicted molar refractivity (Wildman–Crippen MR) is 63.3 cm³/mol. The summed E-state index contributed by atoms with van der Waals surface area (Å²) in [4.78, 5) is 3.96. The zero-order valence-electron chi connectivity index (χ0n) is 9.64. The van der Waals surface area contributed by atoms with Gasteiger partial charge < -0.3 is 10.5 Å². The molecule has 2 aromatic rings. The highest BCUT2D eigenvalue weighted by Crippen LogP contribution is 2.23. The Morgan fingerprint density at radius 1 is 1.47 bits per heavy atom. The van der Waals surface area contributed by atoms with E-state index in [2.05, 4.69) is 10.1 Å². The van der Waals surface area contributed by atoms with Crippen molar-refractivity contribution in [2.75, 3.05) is 0 Å². The number of aryl methyl sites for hydroxylation is 2. The first-order valence-electron chi connectivity index (χ1n) is 5.05. The van der Waals surface area contributed by atoms with E-state index in [1.165, 1.54) is 0 Å². The average Bonchev–Trinajstić information content (AvgIpc) is 2.63. The smallest absolute Gasteiger partial charge is 0.341 e. The van der Waals surface area contributed by atoms with Gasteiger partial charge in [-0.05, 0) is 24.6 Å². The van der Waals surface area contributed by atoms with Gasteiger partial charge >= 0.3 is 6.01 Å². The molecule has 0 saturated carbocycles. The second-order valence-corrected chi connectivity index (χ2v) is 3.72. The Hall–Kier alpha value is -2.37. The van der Waals surface area contributed by atoms with E-state index >= 15 is 0 Å². The van der Waals surface area contributed by atoms with Crippen molar-refractivity contribution in [2.24, 2.45) is 12.8 Å². The molecular formula is C11H13N5O. The maximum atomic E-state index is 7.47. The van der Waals surface area contributed by atoms with Crippen molar-refractivity contribution in [3.05, 3.63) is 35.7 Å². The van der Waals surface area contributed by atoms with E-state index in [1.807, 2.05) is 13.0 Å². The number of hydrogen-bond donors (Lipinski definition) is 2. The first-order chi connectivity index (χ1) is 8.06. The molecule has 3 N–H and O–H groups in total. The summed E-state index contributed by atoms with van der Waals surface area (Å²) in [5, 5.41) is 11.5. The molecule has 1 heterocycles. The molecule has 0 aliphatic heterocycles. The van der Waals surface area contributed by atoms with E-state index in [0.29, 0.717) is 11.3 Å². The quantitative estimate of drug-likeness (QED) is 0.613. The van der Waals surface area contributed by atoms with Crippen LogP contribution in [0.2, 0.25) is 0 Å². The van der Waals surface area contributed by atoms with E-state index < -0.39 is 0 Å². The Bertz CT molecular complexity index is 561. The van der Waals surface area contributed by atoms with E-state index in [9.17, 15) is 0 Å². The summed E-state index contributed by atoms with van der Waals surface area (Å²) in [6, 6.07) is 5.65. The Balaban J connectivity index is 2.37. The topological polar surface area (TPSA) is 89.8 Å². The Morgan fingerprint density at radius 2 is 2.24 bits per heavy atom. The number of aromatic nitrogens is 3. The van der Waals surface area contributed by atoms with Gasteiger partial charge in [0.2, 0.25) is 0 Å². The lowest BCUT2D eigenvalue weighted by Crippen LogP contribution is -2.12. The monoisotopic (exact) mass is 231 g/mol. The third-order valence-corrected chi connectivity index (χ3v) is 2.21. The van der Waals surface area contributed by atoms with Crippen LogP contribution in [0.1, 0.15) is 11.1 Å². The largest absolute Gasteiger partial charge is 0.422 e. The van der Waals surface area contributed by atoms with Crippen LogP contribution in [0.4, 0.5) is 0 Å². The van der Waals surface area contributed by atoms with Gasteiger partial charge in [0.15, 0.2) is 0 Å². The molecule has 0 amide bonds. The van der Waals surface area contributed by atoms with Gasteiger partial charge in [0.1, 0.15) is 17.9 Å². The van der Waals surface area contributed by atoms with Crippen LogP contribution < -0.4 is 10.5 Å². The molecule has 0 radical (unpaired) electrons. The summed E-state index contributed by atoms with van der Waals surface area (Å²) in [6.45, 7) is 1.93. The molecule has 88 valence electrons. The molecule has 0 fully saturated rings. The summed E-state index contributed by atoms with van der Waals surface area (Å²) >= 11 is 0. The molecule has 0 spiro atoms. The van der Waals surface area contributed by atoms with Crippen molar-refractivity contribution in [1.29, 1.82) is 5.41 Å². The van der Waals surface area contributed by atoms with Gasteiger partial charge in [0.05, 0.1) is 5.56 Å². The molecule has 0 bridgehead atoms. The second-order valence-electron chi connectivity index (χ2n) is 3.72. The molecule has 2 rings (SSSR count). The maximum absolute atomic E-state index is 7.47. The van der Waals surface area contributed by atoms with Crippen LogP contribution >= 0.6 is 0 Å². The van der Waals surface area contributed by atoms with Crippen molar-refractivity contribution < 1.29 is 4.74 Å². The molecule has 0 unspecified atom stereocenters. The molecule has 17 heavy (non-hydrogen) atoms. The number of benzene rings is 1. The minimum Gasteiger partial charge on any atom is -0.422 e. The molecule has 0 aliphatic carbocycles. The second kappa shape index (κ2) is 4.25. The number of nitrogens with two attached hydrogens (primary N) is 1. The number of amidine groups is 1. The van der Waals surface area contributed by atoms with Crippen LogP contribution in [0.25, 0.3) is 0 Å². The highest BCUT2D eigenvalue weighted by molar-refractivity contribution is 5.97. The summed E-state index contributed by atoms with van der Waals surface area (Å²) in [5.74, 6) is 0.444. The molecule has 6 heteroatoms. The van der Waals surface area contributed by atoms with Crippen LogP contribution in [0.5, 0.6) is 11.8 Å². The van der Waals surface area contributed by atoms with Gasteiger partial charge in [0, 0.05) is 7.05 Å². The number of rotatable bonds is 3. The van der Waals surface area contributed by atoms with Gasteiger partial charge in [-0.1, -0.05) is 6.07 Å². The lowest BCUT2D eigenvalue weighted by atomic mass is 10.1. The standard InChI is InChI=1S/C11H13N5O/c1-7-3-4-8(10(12)13)9(5-7)17-11-14-6-16(2)15-11/h3-6H,1-2H3,(H3,12,13). The third kappa shape index (κ3) is 2.41. The molecule has 6 nitrogen and oxygen atoms in total. The number of nitrogens with zero attached hydrogens (tertiary/aromatic N) is 3. The summed E-state index contributed by atoms with van der Waals surface area (Å²) in [7, 11) is 1.75. The zero-order valence-corrected chi connectivity index (χ0v) is 9.64. The molecule has 1 aromatic carbocycles. The minimum atomic E-state index is -0.0454. The van der Waals surface area contributed by atoms with Crippen molar-refractivity contribution in [3.8, 4) is 11.8 Å². The maximum Gasteiger partial charge on any atom is 0.341 e. The van der Waals surface area contributed by atoms with E-state index in [-0.39, 0.29) is 11.8 Å². The zero-order chi connectivity index (χ0) is 12.4. The van der Waals surface area contributed by atoms with Crippen molar-refractivity contribution >= 4 is 5.84 Å². The van der Waals surface area contributed by atoms with Gasteiger partial charge in [-0.3, -0.25) is 10.1 Å². The number of nitrogens with one attached hydrogen (secondary N) is 1. The lowest BCUT2D eigenvalue weighted by Gasteiger charge is -2.08. The summed E-state index contributed by atoms with van der Waals surface area (Å²) in [5.41, 5.74) is 7.03. The number of hydrogen-bond acceptors (Lipinski definition) is 4. The molecule has 1 aromatic heterocycles. The summed E-state index contributed by atoms with van der Waals surface area (Å²) < 4.78 is 7.05. The lowest BCUT2D eigenvalue weighted by molar-refractivity contribution is 0.437. The van der Waals surface area contributed by atoms with Gasteiger partial charge in [-0.2, -0.15) is 4.98 Å². The van der Waals surface area contributed by atoms with Gasteiger partial charge in [0.25, 0.3) is 0 Å². The third-order valence-electron chi connectivity index (χ3n) is 2.21. The fourth-order valence-electron chi connectivity index (χ4n) is 1.40. The molecule has 0 saturated heterocycles. The molecule has 0 atom stereocenters. The Labute approximate surface area is 98.5 Å². The van der Waals surface area contributed by atoms with E-state index in [0.717, 1.165) is 5.56 Å².